The van der Waals surface area contributed by atoms with Crippen LogP contribution in [0.15, 0.2) is 53.4 Å². The number of carbonyl (C=O) groups is 1. The number of nitro groups is 1. The van der Waals surface area contributed by atoms with Crippen LogP contribution in [0, 0.1) is 16.0 Å². The largest absolute Gasteiger partial charge is 0.381 e. The molecule has 1 amide bonds. The zero-order chi connectivity index (χ0) is 22.4. The molecule has 0 bridgehead atoms. The molecule has 0 radical (unpaired) electrons. The third-order valence-electron chi connectivity index (χ3n) is 5.45. The van der Waals surface area contributed by atoms with Crippen LogP contribution in [-0.4, -0.2) is 39.0 Å². The minimum absolute atomic E-state index is 0.169. The number of sulfonamides is 1. The van der Waals surface area contributed by atoms with Crippen molar-refractivity contribution in [3.63, 3.8) is 0 Å². The highest BCUT2D eigenvalue weighted by Crippen LogP contribution is 2.30. The first-order valence-electron chi connectivity index (χ1n) is 9.97. The topological polar surface area (TPSA) is 128 Å². The lowest BCUT2D eigenvalue weighted by Gasteiger charge is -2.27. The van der Waals surface area contributed by atoms with Crippen molar-refractivity contribution in [2.45, 2.75) is 36.7 Å². The van der Waals surface area contributed by atoms with Crippen LogP contribution in [0.5, 0.6) is 0 Å². The molecule has 10 heteroatoms. The Bertz CT molecular complexity index is 1030. The summed E-state index contributed by atoms with van der Waals surface area (Å²) in [6, 6.07) is 11.4. The number of methoxy groups -OCH3 is 1. The predicted molar refractivity (Wildman–Crippen MR) is 115 cm³/mol. The fourth-order valence-electron chi connectivity index (χ4n) is 3.63. The van der Waals surface area contributed by atoms with Gasteiger partial charge in [0.2, 0.25) is 0 Å². The molecule has 0 spiro atoms. The molecule has 1 fully saturated rings. The van der Waals surface area contributed by atoms with E-state index in [-0.39, 0.29) is 27.9 Å². The zero-order valence-electron chi connectivity index (χ0n) is 17.1. The summed E-state index contributed by atoms with van der Waals surface area (Å²) in [5.74, 6) is -0.448. The second kappa shape index (κ2) is 9.88. The monoisotopic (exact) mass is 447 g/mol. The molecule has 3 rings (SSSR count). The second-order valence-electron chi connectivity index (χ2n) is 7.50. The van der Waals surface area contributed by atoms with Gasteiger partial charge >= 0.3 is 0 Å². The van der Waals surface area contributed by atoms with E-state index >= 15 is 0 Å². The Morgan fingerprint density at radius 1 is 1.13 bits per heavy atom. The third kappa shape index (κ3) is 5.80. The van der Waals surface area contributed by atoms with Crippen molar-refractivity contribution in [1.29, 1.82) is 0 Å². The van der Waals surface area contributed by atoms with Crippen LogP contribution in [0.1, 0.15) is 36.0 Å². The van der Waals surface area contributed by atoms with E-state index in [9.17, 15) is 23.3 Å². The van der Waals surface area contributed by atoms with Gasteiger partial charge in [-0.05, 0) is 55.9 Å². The number of hydrogen-bond donors (Lipinski definition) is 2. The number of amides is 1. The summed E-state index contributed by atoms with van der Waals surface area (Å²) in [4.78, 5) is 22.8. The summed E-state index contributed by atoms with van der Waals surface area (Å²) in [5, 5.41) is 14.6. The van der Waals surface area contributed by atoms with Crippen molar-refractivity contribution < 1.29 is 22.9 Å². The van der Waals surface area contributed by atoms with E-state index in [0.717, 1.165) is 31.7 Å². The van der Waals surface area contributed by atoms with Gasteiger partial charge in [0.1, 0.15) is 5.69 Å². The van der Waals surface area contributed by atoms with Crippen molar-refractivity contribution in [3.05, 3.63) is 64.2 Å². The highest BCUT2D eigenvalue weighted by molar-refractivity contribution is 7.90. The van der Waals surface area contributed by atoms with Gasteiger partial charge in [-0.15, -0.1) is 0 Å². The first-order valence-corrected chi connectivity index (χ1v) is 11.5. The van der Waals surface area contributed by atoms with Crippen LogP contribution in [0.2, 0.25) is 0 Å². The van der Waals surface area contributed by atoms with E-state index in [1.165, 1.54) is 24.3 Å². The molecule has 0 saturated heterocycles. The second-order valence-corrected chi connectivity index (χ2v) is 9.18. The molecule has 0 heterocycles. The maximum atomic E-state index is 12.6. The Kier molecular flexibility index (Phi) is 7.24. The predicted octanol–water partition coefficient (Wildman–Crippen LogP) is 3.33. The number of rotatable bonds is 8. The summed E-state index contributed by atoms with van der Waals surface area (Å²) in [7, 11) is -2.57. The molecule has 2 aromatic carbocycles. The van der Waals surface area contributed by atoms with Gasteiger partial charge in [-0.3, -0.25) is 14.9 Å². The zero-order valence-corrected chi connectivity index (χ0v) is 17.9. The van der Waals surface area contributed by atoms with Gasteiger partial charge in [0.25, 0.3) is 21.6 Å². The van der Waals surface area contributed by atoms with E-state index in [1.807, 2.05) is 4.72 Å². The molecular formula is C21H25N3O6S. The summed E-state index contributed by atoms with van der Waals surface area (Å²) in [5.41, 5.74) is 0.0508. The van der Waals surface area contributed by atoms with Crippen LogP contribution in [-0.2, 0) is 14.8 Å². The van der Waals surface area contributed by atoms with Gasteiger partial charge in [0.15, 0.2) is 0 Å². The summed E-state index contributed by atoms with van der Waals surface area (Å²) in [6.07, 6.45) is 4.07. The van der Waals surface area contributed by atoms with Crippen molar-refractivity contribution in [1.82, 2.24) is 4.72 Å². The minimum atomic E-state index is -4.27. The summed E-state index contributed by atoms with van der Waals surface area (Å²) >= 11 is 0. The Morgan fingerprint density at radius 2 is 1.81 bits per heavy atom. The average molecular weight is 448 g/mol. The Balaban J connectivity index is 1.72. The van der Waals surface area contributed by atoms with Crippen LogP contribution < -0.4 is 10.0 Å². The maximum absolute atomic E-state index is 12.6. The maximum Gasteiger partial charge on any atom is 0.293 e. The molecule has 31 heavy (non-hydrogen) atoms. The number of hydrogen-bond acceptors (Lipinski definition) is 7. The number of nitrogens with one attached hydrogen (secondary N) is 2. The lowest BCUT2D eigenvalue weighted by atomic mass is 9.87. The van der Waals surface area contributed by atoms with E-state index in [2.05, 4.69) is 5.32 Å². The summed E-state index contributed by atoms with van der Waals surface area (Å²) in [6.45, 7) is 0.550. The van der Waals surface area contributed by atoms with Gasteiger partial charge in [-0.1, -0.05) is 18.2 Å². The Hall–Kier alpha value is -2.98. The highest BCUT2D eigenvalue weighted by Gasteiger charge is 2.25. The molecule has 0 aromatic heterocycles. The van der Waals surface area contributed by atoms with Gasteiger partial charge in [-0.25, -0.2) is 13.1 Å². The van der Waals surface area contributed by atoms with Crippen LogP contribution in [0.25, 0.3) is 0 Å². The molecule has 0 unspecified atom stereocenters. The van der Waals surface area contributed by atoms with E-state index in [4.69, 9.17) is 4.74 Å². The lowest BCUT2D eigenvalue weighted by molar-refractivity contribution is -0.384. The number of carbonyl (C=O) groups excluding carboxylic acids is 1. The van der Waals surface area contributed by atoms with Crippen molar-refractivity contribution >= 4 is 27.3 Å². The van der Waals surface area contributed by atoms with Crippen LogP contribution in [0.3, 0.4) is 0 Å². The average Bonchev–Trinajstić information content (AvgIpc) is 2.78. The molecule has 9 nitrogen and oxygen atoms in total. The molecule has 166 valence electrons. The Morgan fingerprint density at radius 3 is 2.42 bits per heavy atom. The van der Waals surface area contributed by atoms with Gasteiger partial charge < -0.3 is 10.1 Å². The number of ether oxygens (including phenoxy) is 1. The first-order chi connectivity index (χ1) is 14.8. The standard InChI is InChI=1S/C21H25N3O6S/c1-30-17-9-7-15(8-10-17)14-22-19-12-11-18(13-20(19)24(26)27)31(28,29)23-21(25)16-5-3-2-4-6-16/h2-6,11-13,15,17,22H,7-10,14H2,1H3,(H,23,25). The molecule has 1 aliphatic rings. The fourth-order valence-corrected chi connectivity index (χ4v) is 4.63. The van der Waals surface area contributed by atoms with E-state index in [1.54, 1.807) is 25.3 Å². The summed E-state index contributed by atoms with van der Waals surface area (Å²) < 4.78 is 32.5. The number of benzene rings is 2. The molecule has 1 aliphatic carbocycles. The van der Waals surface area contributed by atoms with E-state index < -0.39 is 20.9 Å². The molecule has 0 aliphatic heterocycles. The van der Waals surface area contributed by atoms with Gasteiger partial charge in [0.05, 0.1) is 15.9 Å². The number of nitrogens with zero attached hydrogens (tertiary/aromatic N) is 1. The quantitative estimate of drug-likeness (QED) is 0.469. The first kappa shape index (κ1) is 22.7. The molecular weight excluding hydrogens is 422 g/mol. The van der Waals surface area contributed by atoms with Gasteiger partial charge in [0, 0.05) is 25.3 Å². The molecule has 2 N–H and O–H groups in total. The lowest BCUT2D eigenvalue weighted by Crippen LogP contribution is -2.30. The molecule has 1 saturated carbocycles. The highest BCUT2D eigenvalue weighted by atomic mass is 32.2. The van der Waals surface area contributed by atoms with Crippen LogP contribution >= 0.6 is 0 Å². The number of anilines is 1. The molecule has 0 atom stereocenters. The van der Waals surface area contributed by atoms with Crippen molar-refractivity contribution in [2.75, 3.05) is 19.0 Å². The molecule has 2 aromatic rings. The minimum Gasteiger partial charge on any atom is -0.381 e. The Labute approximate surface area is 181 Å². The normalized spacial score (nSPS) is 18.9. The number of nitro benzene ring substituents is 1. The SMILES string of the molecule is COC1CCC(CNc2ccc(S(=O)(=O)NC(=O)c3ccccc3)cc2[N+](=O)[O-])CC1. The van der Waals surface area contributed by atoms with Crippen molar-refractivity contribution in [3.8, 4) is 0 Å². The van der Waals surface area contributed by atoms with Gasteiger partial charge in [-0.2, -0.15) is 0 Å². The van der Waals surface area contributed by atoms with Crippen LogP contribution in [0.4, 0.5) is 11.4 Å². The third-order valence-corrected chi connectivity index (χ3v) is 6.78. The van der Waals surface area contributed by atoms with Crippen molar-refractivity contribution in [2.24, 2.45) is 5.92 Å². The fraction of sp³-hybridized carbons (Fsp3) is 0.381. The smallest absolute Gasteiger partial charge is 0.293 e. The van der Waals surface area contributed by atoms with E-state index in [0.29, 0.717) is 12.5 Å².